The van der Waals surface area contributed by atoms with Crippen LogP contribution in [-0.4, -0.2) is 15.6 Å². The Morgan fingerprint density at radius 1 is 1.35 bits per heavy atom. The van der Waals surface area contributed by atoms with Gasteiger partial charge < -0.3 is 0 Å². The summed E-state index contributed by atoms with van der Waals surface area (Å²) in [6.45, 7) is 3.78. The third-order valence-corrected chi connectivity index (χ3v) is 3.32. The van der Waals surface area contributed by atoms with Gasteiger partial charge in [0.1, 0.15) is 0 Å². The Kier molecular flexibility index (Phi) is 3.03. The molecule has 4 heteroatoms. The maximum atomic E-state index is 12.2. The lowest BCUT2D eigenvalue weighted by Gasteiger charge is -2.03. The fourth-order valence-corrected chi connectivity index (χ4v) is 1.79. The van der Waals surface area contributed by atoms with Gasteiger partial charge in [0, 0.05) is 23.3 Å². The smallest absolute Gasteiger partial charge is 0.196 e. The van der Waals surface area contributed by atoms with Crippen molar-refractivity contribution in [3.05, 3.63) is 51.8 Å². The number of carbonyl (C=O) groups excluding carboxylic acids is 1. The lowest BCUT2D eigenvalue weighted by molar-refractivity contribution is 0.103. The first kappa shape index (κ1) is 11.9. The van der Waals surface area contributed by atoms with E-state index in [1.54, 1.807) is 23.0 Å². The van der Waals surface area contributed by atoms with Crippen LogP contribution in [0.1, 0.15) is 27.2 Å². The maximum absolute atomic E-state index is 12.2. The van der Waals surface area contributed by atoms with Crippen molar-refractivity contribution in [3.63, 3.8) is 0 Å². The average Bonchev–Trinajstić information content (AvgIpc) is 2.63. The van der Waals surface area contributed by atoms with E-state index < -0.39 is 0 Å². The molecule has 0 saturated carbocycles. The molecule has 0 unspecified atom stereocenters. The van der Waals surface area contributed by atoms with E-state index >= 15 is 0 Å². The number of rotatable bonds is 2. The summed E-state index contributed by atoms with van der Waals surface area (Å²) < 4.78 is 1.68. The zero-order valence-corrected chi connectivity index (χ0v) is 10.7. The van der Waals surface area contributed by atoms with Crippen LogP contribution in [0.3, 0.4) is 0 Å². The molecule has 1 aromatic heterocycles. The second-order valence-electron chi connectivity index (χ2n) is 4.06. The summed E-state index contributed by atoms with van der Waals surface area (Å²) in [6.07, 6.45) is 1.59. The SMILES string of the molecule is Cc1ccc(C(=O)c2cnn(C)c2C)cc1Cl. The molecular formula is C13H13ClN2O. The molecule has 1 heterocycles. The second kappa shape index (κ2) is 4.34. The summed E-state index contributed by atoms with van der Waals surface area (Å²) in [6, 6.07) is 5.34. The topological polar surface area (TPSA) is 34.9 Å². The Balaban J connectivity index is 2.44. The molecular weight excluding hydrogens is 236 g/mol. The van der Waals surface area contributed by atoms with E-state index in [0.29, 0.717) is 16.1 Å². The predicted octanol–water partition coefficient (Wildman–Crippen LogP) is 2.92. The first-order chi connectivity index (χ1) is 8.00. The number of nitrogens with zero attached hydrogens (tertiary/aromatic N) is 2. The molecule has 0 radical (unpaired) electrons. The fourth-order valence-electron chi connectivity index (χ4n) is 1.61. The van der Waals surface area contributed by atoms with E-state index in [1.807, 2.05) is 27.0 Å². The summed E-state index contributed by atoms with van der Waals surface area (Å²) in [5, 5.41) is 4.67. The molecule has 0 fully saturated rings. The zero-order chi connectivity index (χ0) is 12.6. The zero-order valence-electron chi connectivity index (χ0n) is 9.99. The standard InChI is InChI=1S/C13H13ClN2O/c1-8-4-5-10(6-12(8)14)13(17)11-7-15-16(3)9(11)2/h4-7H,1-3H3. The van der Waals surface area contributed by atoms with Crippen molar-refractivity contribution in [2.45, 2.75) is 13.8 Å². The molecule has 1 aromatic carbocycles. The molecule has 0 N–H and O–H groups in total. The highest BCUT2D eigenvalue weighted by atomic mass is 35.5. The van der Waals surface area contributed by atoms with Crippen LogP contribution in [0.4, 0.5) is 0 Å². The highest BCUT2D eigenvalue weighted by molar-refractivity contribution is 6.31. The molecule has 3 nitrogen and oxygen atoms in total. The third-order valence-electron chi connectivity index (χ3n) is 2.91. The highest BCUT2D eigenvalue weighted by Gasteiger charge is 2.15. The van der Waals surface area contributed by atoms with Gasteiger partial charge in [-0.3, -0.25) is 9.48 Å². The number of benzene rings is 1. The minimum absolute atomic E-state index is 0.0440. The van der Waals surface area contributed by atoms with E-state index in [-0.39, 0.29) is 5.78 Å². The van der Waals surface area contributed by atoms with Gasteiger partial charge in [-0.05, 0) is 25.5 Å². The van der Waals surface area contributed by atoms with E-state index in [9.17, 15) is 4.79 Å². The Bertz CT molecular complexity index is 587. The fraction of sp³-hybridized carbons (Fsp3) is 0.231. The molecule has 0 spiro atoms. The summed E-state index contributed by atoms with van der Waals surface area (Å²) in [5.74, 6) is -0.0440. The molecule has 0 bridgehead atoms. The van der Waals surface area contributed by atoms with Gasteiger partial charge >= 0.3 is 0 Å². The number of aromatic nitrogens is 2. The van der Waals surface area contributed by atoms with Gasteiger partial charge in [0.05, 0.1) is 11.8 Å². The number of aryl methyl sites for hydroxylation is 2. The summed E-state index contributed by atoms with van der Waals surface area (Å²) in [5.41, 5.74) is 3.03. The summed E-state index contributed by atoms with van der Waals surface area (Å²) in [4.78, 5) is 12.2. The Morgan fingerprint density at radius 2 is 2.06 bits per heavy atom. The van der Waals surface area contributed by atoms with E-state index in [4.69, 9.17) is 11.6 Å². The third kappa shape index (κ3) is 2.11. The molecule has 2 aromatic rings. The van der Waals surface area contributed by atoms with Gasteiger partial charge in [-0.25, -0.2) is 0 Å². The first-order valence-corrected chi connectivity index (χ1v) is 5.68. The van der Waals surface area contributed by atoms with Crippen LogP contribution < -0.4 is 0 Å². The lowest BCUT2D eigenvalue weighted by Crippen LogP contribution is -2.03. The molecule has 0 aliphatic carbocycles. The van der Waals surface area contributed by atoms with Crippen LogP contribution in [0.15, 0.2) is 24.4 Å². The number of hydrogen-bond donors (Lipinski definition) is 0. The Labute approximate surface area is 105 Å². The summed E-state index contributed by atoms with van der Waals surface area (Å²) in [7, 11) is 1.81. The second-order valence-corrected chi connectivity index (χ2v) is 4.47. The predicted molar refractivity (Wildman–Crippen MR) is 67.6 cm³/mol. The van der Waals surface area contributed by atoms with Crippen LogP contribution >= 0.6 is 11.6 Å². The normalized spacial score (nSPS) is 10.6. The number of hydrogen-bond acceptors (Lipinski definition) is 2. The molecule has 0 atom stereocenters. The number of carbonyl (C=O) groups is 1. The van der Waals surface area contributed by atoms with Crippen molar-refractivity contribution in [1.82, 2.24) is 9.78 Å². The van der Waals surface area contributed by atoms with Crippen LogP contribution in [0.25, 0.3) is 0 Å². The number of halogens is 1. The van der Waals surface area contributed by atoms with Gasteiger partial charge in [0.2, 0.25) is 0 Å². The molecule has 17 heavy (non-hydrogen) atoms. The molecule has 2 rings (SSSR count). The largest absolute Gasteiger partial charge is 0.288 e. The Morgan fingerprint density at radius 3 is 2.59 bits per heavy atom. The minimum atomic E-state index is -0.0440. The minimum Gasteiger partial charge on any atom is -0.288 e. The number of ketones is 1. The van der Waals surface area contributed by atoms with Crippen LogP contribution in [0.2, 0.25) is 5.02 Å². The molecule has 0 saturated heterocycles. The molecule has 0 aliphatic rings. The van der Waals surface area contributed by atoms with E-state index in [1.165, 1.54) is 0 Å². The van der Waals surface area contributed by atoms with Crippen LogP contribution in [0, 0.1) is 13.8 Å². The van der Waals surface area contributed by atoms with E-state index in [2.05, 4.69) is 5.10 Å². The average molecular weight is 249 g/mol. The van der Waals surface area contributed by atoms with Crippen molar-refractivity contribution >= 4 is 17.4 Å². The maximum Gasteiger partial charge on any atom is 0.196 e. The Hall–Kier alpha value is -1.61. The lowest BCUT2D eigenvalue weighted by atomic mass is 10.0. The van der Waals surface area contributed by atoms with Crippen molar-refractivity contribution < 1.29 is 4.79 Å². The highest BCUT2D eigenvalue weighted by Crippen LogP contribution is 2.20. The van der Waals surface area contributed by atoms with Gasteiger partial charge in [-0.1, -0.05) is 23.7 Å². The van der Waals surface area contributed by atoms with Crippen molar-refractivity contribution in [1.29, 1.82) is 0 Å². The van der Waals surface area contributed by atoms with Gasteiger partial charge in [0.25, 0.3) is 0 Å². The van der Waals surface area contributed by atoms with E-state index in [0.717, 1.165) is 11.3 Å². The van der Waals surface area contributed by atoms with Crippen molar-refractivity contribution in [3.8, 4) is 0 Å². The van der Waals surface area contributed by atoms with Crippen molar-refractivity contribution in [2.24, 2.45) is 7.05 Å². The van der Waals surface area contributed by atoms with Crippen LogP contribution in [-0.2, 0) is 7.05 Å². The molecule has 88 valence electrons. The first-order valence-electron chi connectivity index (χ1n) is 5.30. The molecule has 0 aliphatic heterocycles. The quantitative estimate of drug-likeness (QED) is 0.766. The monoisotopic (exact) mass is 248 g/mol. The van der Waals surface area contributed by atoms with Gasteiger partial charge in [0.15, 0.2) is 5.78 Å². The van der Waals surface area contributed by atoms with Crippen molar-refractivity contribution in [2.75, 3.05) is 0 Å². The molecule has 0 amide bonds. The van der Waals surface area contributed by atoms with Gasteiger partial charge in [-0.2, -0.15) is 5.10 Å². The summed E-state index contributed by atoms with van der Waals surface area (Å²) >= 11 is 6.02. The van der Waals surface area contributed by atoms with Crippen LogP contribution in [0.5, 0.6) is 0 Å². The van der Waals surface area contributed by atoms with Gasteiger partial charge in [-0.15, -0.1) is 0 Å².